The average Bonchev–Trinajstić information content (AvgIpc) is 2.57. The summed E-state index contributed by atoms with van der Waals surface area (Å²) in [6.45, 7) is 9.32. The summed E-state index contributed by atoms with van der Waals surface area (Å²) in [5.41, 5.74) is 6.20. The SMILES string of the molecule is CC(NC(=O)c1ccc(OCC#CC(C)(C)C)cc1)C(C)(N)C(=O)NO. The van der Waals surface area contributed by atoms with E-state index < -0.39 is 17.5 Å². The Morgan fingerprint density at radius 1 is 1.23 bits per heavy atom. The summed E-state index contributed by atoms with van der Waals surface area (Å²) in [6.07, 6.45) is 0. The minimum Gasteiger partial charge on any atom is -0.481 e. The van der Waals surface area contributed by atoms with Crippen molar-refractivity contribution < 1.29 is 19.5 Å². The molecular weight excluding hydrogens is 334 g/mol. The van der Waals surface area contributed by atoms with Crippen LogP contribution in [0, 0.1) is 17.3 Å². The number of nitrogens with two attached hydrogens (primary N) is 1. The van der Waals surface area contributed by atoms with Crippen LogP contribution in [0.5, 0.6) is 5.75 Å². The maximum Gasteiger partial charge on any atom is 0.265 e. The lowest BCUT2D eigenvalue weighted by atomic mass is 9.93. The number of hydrogen-bond acceptors (Lipinski definition) is 5. The van der Waals surface area contributed by atoms with Gasteiger partial charge in [-0.15, -0.1) is 0 Å². The first-order chi connectivity index (χ1) is 12.0. The molecule has 0 saturated carbocycles. The van der Waals surface area contributed by atoms with Crippen LogP contribution in [-0.2, 0) is 4.79 Å². The van der Waals surface area contributed by atoms with Crippen molar-refractivity contribution in [3.63, 3.8) is 0 Å². The highest BCUT2D eigenvalue weighted by atomic mass is 16.5. The zero-order valence-corrected chi connectivity index (χ0v) is 15.8. The molecule has 0 aliphatic carbocycles. The zero-order valence-electron chi connectivity index (χ0n) is 15.8. The van der Waals surface area contributed by atoms with Gasteiger partial charge in [-0.1, -0.05) is 11.8 Å². The molecule has 2 unspecified atom stereocenters. The normalized spacial score (nSPS) is 14.3. The molecule has 0 radical (unpaired) electrons. The third-order valence-corrected chi connectivity index (χ3v) is 3.73. The van der Waals surface area contributed by atoms with Gasteiger partial charge in [0.05, 0.1) is 6.04 Å². The highest BCUT2D eigenvalue weighted by Gasteiger charge is 2.35. The van der Waals surface area contributed by atoms with E-state index in [1.807, 2.05) is 20.8 Å². The van der Waals surface area contributed by atoms with Crippen molar-refractivity contribution in [1.29, 1.82) is 0 Å². The summed E-state index contributed by atoms with van der Waals surface area (Å²) in [7, 11) is 0. The molecule has 142 valence electrons. The Hall–Kier alpha value is -2.56. The lowest BCUT2D eigenvalue weighted by molar-refractivity contribution is -0.135. The number of hydrogen-bond donors (Lipinski definition) is 4. The fourth-order valence-electron chi connectivity index (χ4n) is 1.87. The van der Waals surface area contributed by atoms with Gasteiger partial charge >= 0.3 is 0 Å². The summed E-state index contributed by atoms with van der Waals surface area (Å²) >= 11 is 0. The molecule has 0 aliphatic rings. The van der Waals surface area contributed by atoms with Crippen molar-refractivity contribution in [3.8, 4) is 17.6 Å². The quantitative estimate of drug-likeness (QED) is 0.348. The fraction of sp³-hybridized carbons (Fsp3) is 0.474. The van der Waals surface area contributed by atoms with Gasteiger partial charge in [-0.3, -0.25) is 14.8 Å². The van der Waals surface area contributed by atoms with E-state index in [1.54, 1.807) is 31.2 Å². The van der Waals surface area contributed by atoms with Gasteiger partial charge in [0.15, 0.2) is 0 Å². The maximum atomic E-state index is 12.3. The van der Waals surface area contributed by atoms with Gasteiger partial charge in [-0.25, -0.2) is 5.48 Å². The predicted octanol–water partition coefficient (Wildman–Crippen LogP) is 1.46. The zero-order chi connectivity index (χ0) is 20.0. The van der Waals surface area contributed by atoms with Gasteiger partial charge in [0, 0.05) is 11.0 Å². The fourth-order valence-corrected chi connectivity index (χ4v) is 1.87. The first-order valence-corrected chi connectivity index (χ1v) is 8.24. The number of carbonyl (C=O) groups excluding carboxylic acids is 2. The summed E-state index contributed by atoms with van der Waals surface area (Å²) < 4.78 is 5.51. The average molecular weight is 361 g/mol. The van der Waals surface area contributed by atoms with E-state index in [-0.39, 0.29) is 17.9 Å². The van der Waals surface area contributed by atoms with Crippen LogP contribution in [-0.4, -0.2) is 35.2 Å². The van der Waals surface area contributed by atoms with E-state index in [0.29, 0.717) is 11.3 Å². The third kappa shape index (κ3) is 6.39. The molecule has 0 saturated heterocycles. The second-order valence-electron chi connectivity index (χ2n) is 7.28. The number of carbonyl (C=O) groups is 2. The molecule has 0 spiro atoms. The minimum atomic E-state index is -1.46. The van der Waals surface area contributed by atoms with E-state index in [0.717, 1.165) is 0 Å². The lowest BCUT2D eigenvalue weighted by Gasteiger charge is -2.29. The molecule has 0 heterocycles. The summed E-state index contributed by atoms with van der Waals surface area (Å²) in [6, 6.07) is 5.84. The highest BCUT2D eigenvalue weighted by Crippen LogP contribution is 2.14. The van der Waals surface area contributed by atoms with E-state index >= 15 is 0 Å². The van der Waals surface area contributed by atoms with Gasteiger partial charge in [0.2, 0.25) is 0 Å². The number of hydroxylamine groups is 1. The first-order valence-electron chi connectivity index (χ1n) is 8.24. The topological polar surface area (TPSA) is 114 Å². The van der Waals surface area contributed by atoms with Crippen LogP contribution in [0.15, 0.2) is 24.3 Å². The molecule has 1 rings (SSSR count). The molecule has 5 N–H and O–H groups in total. The molecule has 2 atom stereocenters. The monoisotopic (exact) mass is 361 g/mol. The Morgan fingerprint density at radius 2 is 1.81 bits per heavy atom. The van der Waals surface area contributed by atoms with Crippen molar-refractivity contribution in [3.05, 3.63) is 29.8 Å². The third-order valence-electron chi connectivity index (χ3n) is 3.73. The molecule has 2 amide bonds. The molecule has 0 aliphatic heterocycles. The van der Waals surface area contributed by atoms with Crippen LogP contribution in [0.25, 0.3) is 0 Å². The Balaban J connectivity index is 2.66. The van der Waals surface area contributed by atoms with Gasteiger partial charge in [-0.2, -0.15) is 0 Å². The minimum absolute atomic E-state index is 0.0770. The van der Waals surface area contributed by atoms with Crippen molar-refractivity contribution in [2.24, 2.45) is 11.1 Å². The Kier molecular flexibility index (Phi) is 7.19. The van der Waals surface area contributed by atoms with Gasteiger partial charge in [0.25, 0.3) is 11.8 Å². The highest BCUT2D eigenvalue weighted by molar-refractivity contribution is 5.95. The molecule has 7 heteroatoms. The van der Waals surface area contributed by atoms with E-state index in [9.17, 15) is 9.59 Å². The number of rotatable bonds is 6. The smallest absolute Gasteiger partial charge is 0.265 e. The summed E-state index contributed by atoms with van der Waals surface area (Å²) in [5.74, 6) is 5.44. The van der Waals surface area contributed by atoms with Crippen molar-refractivity contribution >= 4 is 11.8 Å². The van der Waals surface area contributed by atoms with Crippen LogP contribution >= 0.6 is 0 Å². The van der Waals surface area contributed by atoms with Crippen LogP contribution in [0.3, 0.4) is 0 Å². The van der Waals surface area contributed by atoms with Crippen LogP contribution in [0.4, 0.5) is 0 Å². The molecule has 1 aromatic carbocycles. The maximum absolute atomic E-state index is 12.3. The molecule has 7 nitrogen and oxygen atoms in total. The Morgan fingerprint density at radius 3 is 2.31 bits per heavy atom. The summed E-state index contributed by atoms with van der Waals surface area (Å²) in [5, 5.41) is 11.4. The van der Waals surface area contributed by atoms with Crippen LogP contribution < -0.4 is 21.3 Å². The number of ether oxygens (including phenoxy) is 1. The van der Waals surface area contributed by atoms with Gasteiger partial charge in [-0.05, 0) is 58.9 Å². The molecule has 1 aromatic rings. The van der Waals surface area contributed by atoms with E-state index in [4.69, 9.17) is 15.7 Å². The molecular formula is C19H27N3O4. The lowest BCUT2D eigenvalue weighted by Crippen LogP contribution is -2.63. The number of benzene rings is 1. The van der Waals surface area contributed by atoms with Crippen molar-refractivity contribution in [2.75, 3.05) is 6.61 Å². The Labute approximate surface area is 154 Å². The predicted molar refractivity (Wildman–Crippen MR) is 98.6 cm³/mol. The molecule has 0 fully saturated rings. The standard InChI is InChI=1S/C19H27N3O4/c1-13(19(5,20)17(24)22-25)21-16(23)14-7-9-15(10-8-14)26-12-6-11-18(2,3)4/h7-10,13,25H,12,20H2,1-5H3,(H,21,23)(H,22,24). The van der Waals surface area contributed by atoms with Gasteiger partial charge in [0.1, 0.15) is 17.9 Å². The number of nitrogens with one attached hydrogen (secondary N) is 2. The second-order valence-corrected chi connectivity index (χ2v) is 7.28. The van der Waals surface area contributed by atoms with E-state index in [1.165, 1.54) is 12.4 Å². The van der Waals surface area contributed by atoms with E-state index in [2.05, 4.69) is 17.2 Å². The summed E-state index contributed by atoms with van der Waals surface area (Å²) in [4.78, 5) is 23.8. The number of amides is 2. The van der Waals surface area contributed by atoms with Crippen LogP contribution in [0.2, 0.25) is 0 Å². The van der Waals surface area contributed by atoms with Crippen LogP contribution in [0.1, 0.15) is 45.0 Å². The Bertz CT molecular complexity index is 694. The largest absolute Gasteiger partial charge is 0.481 e. The van der Waals surface area contributed by atoms with Gasteiger partial charge < -0.3 is 15.8 Å². The second kappa shape index (κ2) is 8.70. The molecule has 0 bridgehead atoms. The molecule has 26 heavy (non-hydrogen) atoms. The molecule has 0 aromatic heterocycles. The first kappa shape index (κ1) is 21.5. The van der Waals surface area contributed by atoms with Crippen molar-refractivity contribution in [2.45, 2.75) is 46.2 Å². The van der Waals surface area contributed by atoms with Crippen molar-refractivity contribution in [1.82, 2.24) is 10.8 Å².